The largest absolute Gasteiger partial charge is 0.497 e. The third-order valence-electron chi connectivity index (χ3n) is 6.16. The molecule has 3 aromatic carbocycles. The Hall–Kier alpha value is -2.40. The Labute approximate surface area is 200 Å². The summed E-state index contributed by atoms with van der Waals surface area (Å²) in [5.41, 5.74) is 1.14. The second kappa shape index (κ2) is 11.6. The second-order valence-corrected chi connectivity index (χ2v) is 13.8. The van der Waals surface area contributed by atoms with Gasteiger partial charge in [-0.25, -0.2) is 0 Å². The summed E-state index contributed by atoms with van der Waals surface area (Å²) in [5, 5.41) is 2.56. The molecule has 0 saturated heterocycles. The van der Waals surface area contributed by atoms with E-state index in [0.29, 0.717) is 13.2 Å². The standard InChI is InChI=1S/C29H38O3Si/c1-6-13-26(31-22-24-18-20-25(30-5)21-19-24)23-32-33(29(2,3)4,27-14-9-7-10-15-27)28-16-11-8-12-17-28/h7-12,14-21,26H,6,13,22-23H2,1-5H3/t26-/m0/s1. The topological polar surface area (TPSA) is 27.7 Å². The van der Waals surface area contributed by atoms with Gasteiger partial charge in [0.2, 0.25) is 0 Å². The molecule has 0 spiro atoms. The van der Waals surface area contributed by atoms with Gasteiger partial charge in [-0.2, -0.15) is 0 Å². The van der Waals surface area contributed by atoms with Crippen LogP contribution in [0.3, 0.4) is 0 Å². The highest BCUT2D eigenvalue weighted by molar-refractivity contribution is 6.99. The summed E-state index contributed by atoms with van der Waals surface area (Å²) < 4.78 is 18.7. The van der Waals surface area contributed by atoms with Crippen LogP contribution in [-0.4, -0.2) is 28.1 Å². The molecule has 0 aromatic heterocycles. The van der Waals surface area contributed by atoms with Crippen LogP contribution in [0, 0.1) is 0 Å². The minimum absolute atomic E-state index is 0.0392. The van der Waals surface area contributed by atoms with Crippen LogP contribution >= 0.6 is 0 Å². The zero-order chi connectivity index (χ0) is 23.7. The van der Waals surface area contributed by atoms with Crippen molar-refractivity contribution < 1.29 is 13.9 Å². The molecule has 0 bridgehead atoms. The van der Waals surface area contributed by atoms with Crippen LogP contribution in [0.15, 0.2) is 84.9 Å². The highest BCUT2D eigenvalue weighted by atomic mass is 28.4. The minimum Gasteiger partial charge on any atom is -0.497 e. The Morgan fingerprint density at radius 1 is 0.788 bits per heavy atom. The molecule has 0 aliphatic rings. The van der Waals surface area contributed by atoms with Crippen molar-refractivity contribution in [3.05, 3.63) is 90.5 Å². The lowest BCUT2D eigenvalue weighted by Crippen LogP contribution is -2.67. The normalized spacial score (nSPS) is 13.0. The van der Waals surface area contributed by atoms with Gasteiger partial charge in [-0.05, 0) is 39.5 Å². The van der Waals surface area contributed by atoms with Crippen LogP contribution in [0.5, 0.6) is 5.75 Å². The molecule has 0 unspecified atom stereocenters. The lowest BCUT2D eigenvalue weighted by Gasteiger charge is -2.43. The summed E-state index contributed by atoms with van der Waals surface area (Å²) in [4.78, 5) is 0. The molecule has 0 aliphatic carbocycles. The Kier molecular flexibility index (Phi) is 8.90. The van der Waals surface area contributed by atoms with E-state index in [-0.39, 0.29) is 11.1 Å². The molecule has 33 heavy (non-hydrogen) atoms. The Bertz CT molecular complexity index is 910. The van der Waals surface area contributed by atoms with Gasteiger partial charge in [0, 0.05) is 0 Å². The average Bonchev–Trinajstić information content (AvgIpc) is 2.83. The molecule has 0 N–H and O–H groups in total. The minimum atomic E-state index is -2.56. The van der Waals surface area contributed by atoms with E-state index in [4.69, 9.17) is 13.9 Å². The Morgan fingerprint density at radius 2 is 1.33 bits per heavy atom. The fourth-order valence-electron chi connectivity index (χ4n) is 4.45. The molecule has 0 aliphatic heterocycles. The summed E-state index contributed by atoms with van der Waals surface area (Å²) in [7, 11) is -0.873. The summed E-state index contributed by atoms with van der Waals surface area (Å²) in [5.74, 6) is 0.860. The molecule has 0 saturated carbocycles. The lowest BCUT2D eigenvalue weighted by molar-refractivity contribution is 0.00182. The van der Waals surface area contributed by atoms with E-state index in [9.17, 15) is 0 Å². The molecule has 3 nitrogen and oxygen atoms in total. The molecule has 1 atom stereocenters. The van der Waals surface area contributed by atoms with E-state index in [1.165, 1.54) is 10.4 Å². The summed E-state index contributed by atoms with van der Waals surface area (Å²) >= 11 is 0. The summed E-state index contributed by atoms with van der Waals surface area (Å²) in [6.07, 6.45) is 2.06. The molecule has 176 valence electrons. The first-order valence-corrected chi connectivity index (χ1v) is 13.8. The molecule has 3 rings (SSSR count). The number of ether oxygens (including phenoxy) is 2. The highest BCUT2D eigenvalue weighted by Crippen LogP contribution is 2.37. The van der Waals surface area contributed by atoms with Crippen molar-refractivity contribution in [2.24, 2.45) is 0 Å². The van der Waals surface area contributed by atoms with Crippen molar-refractivity contribution in [1.82, 2.24) is 0 Å². The van der Waals surface area contributed by atoms with E-state index in [1.54, 1.807) is 7.11 Å². The second-order valence-electron chi connectivity index (χ2n) is 9.54. The zero-order valence-electron chi connectivity index (χ0n) is 20.7. The third-order valence-corrected chi connectivity index (χ3v) is 11.2. The SMILES string of the molecule is CCC[C@@H](CO[Si](c1ccccc1)(c1ccccc1)C(C)(C)C)OCc1ccc(OC)cc1. The number of methoxy groups -OCH3 is 1. The maximum absolute atomic E-state index is 7.10. The maximum Gasteiger partial charge on any atom is 0.261 e. The van der Waals surface area contributed by atoms with Crippen LogP contribution in [-0.2, 0) is 15.8 Å². The van der Waals surface area contributed by atoms with Gasteiger partial charge in [-0.3, -0.25) is 0 Å². The number of rotatable bonds is 11. The van der Waals surface area contributed by atoms with Crippen LogP contribution in [0.2, 0.25) is 5.04 Å². The summed E-state index contributed by atoms with van der Waals surface area (Å²) in [6.45, 7) is 10.3. The monoisotopic (exact) mass is 462 g/mol. The molecular formula is C29H38O3Si. The average molecular weight is 463 g/mol. The van der Waals surface area contributed by atoms with Gasteiger partial charge < -0.3 is 13.9 Å². The Balaban J connectivity index is 1.86. The van der Waals surface area contributed by atoms with Gasteiger partial charge in [0.25, 0.3) is 8.32 Å². The first-order chi connectivity index (χ1) is 15.9. The Morgan fingerprint density at radius 3 is 1.79 bits per heavy atom. The van der Waals surface area contributed by atoms with E-state index < -0.39 is 8.32 Å². The van der Waals surface area contributed by atoms with Crippen LogP contribution in [0.4, 0.5) is 0 Å². The molecule has 0 radical (unpaired) electrons. The van der Waals surface area contributed by atoms with Crippen molar-refractivity contribution in [1.29, 1.82) is 0 Å². The van der Waals surface area contributed by atoms with Crippen LogP contribution < -0.4 is 15.1 Å². The molecule has 0 heterocycles. The zero-order valence-corrected chi connectivity index (χ0v) is 21.7. The molecule has 0 amide bonds. The third kappa shape index (κ3) is 6.14. The number of hydrogen-bond acceptors (Lipinski definition) is 3. The van der Waals surface area contributed by atoms with Crippen molar-refractivity contribution in [2.45, 2.75) is 58.3 Å². The van der Waals surface area contributed by atoms with Crippen LogP contribution in [0.1, 0.15) is 46.1 Å². The number of benzene rings is 3. The lowest BCUT2D eigenvalue weighted by atomic mass is 10.2. The molecular weight excluding hydrogens is 424 g/mol. The predicted octanol–water partition coefficient (Wildman–Crippen LogP) is 5.96. The van der Waals surface area contributed by atoms with E-state index >= 15 is 0 Å². The molecule has 0 fully saturated rings. The van der Waals surface area contributed by atoms with E-state index in [0.717, 1.165) is 24.2 Å². The first-order valence-electron chi connectivity index (χ1n) is 11.9. The van der Waals surface area contributed by atoms with Crippen molar-refractivity contribution in [3.63, 3.8) is 0 Å². The smallest absolute Gasteiger partial charge is 0.261 e. The van der Waals surface area contributed by atoms with Gasteiger partial charge in [-0.1, -0.05) is 107 Å². The maximum atomic E-state index is 7.10. The highest BCUT2D eigenvalue weighted by Gasteiger charge is 2.50. The van der Waals surface area contributed by atoms with Crippen molar-refractivity contribution in [2.75, 3.05) is 13.7 Å². The molecule has 3 aromatic rings. The van der Waals surface area contributed by atoms with Gasteiger partial charge in [0.15, 0.2) is 0 Å². The van der Waals surface area contributed by atoms with E-state index in [2.05, 4.69) is 100 Å². The van der Waals surface area contributed by atoms with Gasteiger partial charge in [0.1, 0.15) is 5.75 Å². The van der Waals surface area contributed by atoms with Crippen molar-refractivity contribution in [3.8, 4) is 5.75 Å². The predicted molar refractivity (Wildman–Crippen MR) is 140 cm³/mol. The van der Waals surface area contributed by atoms with E-state index in [1.807, 2.05) is 12.1 Å². The van der Waals surface area contributed by atoms with Gasteiger partial charge >= 0.3 is 0 Å². The van der Waals surface area contributed by atoms with Gasteiger partial charge in [0.05, 0.1) is 26.4 Å². The molecule has 4 heteroatoms. The number of hydrogen-bond donors (Lipinski definition) is 0. The fraction of sp³-hybridized carbons (Fsp3) is 0.379. The quantitative estimate of drug-likeness (QED) is 0.329. The fourth-order valence-corrected chi connectivity index (χ4v) is 9.04. The van der Waals surface area contributed by atoms with Crippen molar-refractivity contribution >= 4 is 18.7 Å². The summed E-state index contributed by atoms with van der Waals surface area (Å²) in [6, 6.07) is 29.7. The van der Waals surface area contributed by atoms with Crippen LogP contribution in [0.25, 0.3) is 0 Å². The first kappa shape index (κ1) is 25.2. The van der Waals surface area contributed by atoms with Gasteiger partial charge in [-0.15, -0.1) is 0 Å².